The molecular weight excluding hydrogens is 296 g/mol. The first-order valence-electron chi connectivity index (χ1n) is 8.91. The van der Waals surface area contributed by atoms with Crippen molar-refractivity contribution in [3.8, 4) is 6.07 Å². The molecule has 2 heterocycles. The minimum Gasteiger partial charge on any atom is -0.369 e. The highest BCUT2D eigenvalue weighted by Gasteiger charge is 2.20. The molecule has 1 aromatic heterocycles. The minimum atomic E-state index is 0.691. The van der Waals surface area contributed by atoms with Gasteiger partial charge in [0.25, 0.3) is 0 Å². The molecule has 4 nitrogen and oxygen atoms in total. The molecule has 24 heavy (non-hydrogen) atoms. The molecule has 0 unspecified atom stereocenters. The van der Waals surface area contributed by atoms with Gasteiger partial charge in [-0.25, -0.2) is 0 Å². The summed E-state index contributed by atoms with van der Waals surface area (Å²) in [6.07, 6.45) is 4.08. The van der Waals surface area contributed by atoms with Gasteiger partial charge in [0.1, 0.15) is 6.07 Å². The Hall–Kier alpha value is -2.12. The predicted octanol–water partition coefficient (Wildman–Crippen LogP) is 3.65. The van der Waals surface area contributed by atoms with Crippen LogP contribution in [0.3, 0.4) is 0 Å². The van der Waals surface area contributed by atoms with E-state index in [0.717, 1.165) is 55.7 Å². The Morgan fingerprint density at radius 2 is 2.00 bits per heavy atom. The van der Waals surface area contributed by atoms with Crippen LogP contribution < -0.4 is 4.90 Å². The lowest BCUT2D eigenvalue weighted by atomic mass is 10.0. The van der Waals surface area contributed by atoms with E-state index < -0.39 is 0 Å². The van der Waals surface area contributed by atoms with Crippen LogP contribution in [-0.4, -0.2) is 42.6 Å². The monoisotopic (exact) mass is 322 g/mol. The van der Waals surface area contributed by atoms with Gasteiger partial charge in [0.05, 0.1) is 16.8 Å². The molecule has 0 aliphatic carbocycles. The molecule has 0 N–H and O–H groups in total. The predicted molar refractivity (Wildman–Crippen MR) is 99.5 cm³/mol. The fourth-order valence-corrected chi connectivity index (χ4v) is 3.80. The largest absolute Gasteiger partial charge is 0.369 e. The smallest absolute Gasteiger partial charge is 0.103 e. The molecule has 1 saturated heterocycles. The summed E-state index contributed by atoms with van der Waals surface area (Å²) in [5, 5.41) is 10.7. The number of pyridine rings is 1. The number of hydrogen-bond donors (Lipinski definition) is 0. The van der Waals surface area contributed by atoms with Crippen molar-refractivity contribution in [2.75, 3.05) is 37.6 Å². The standard InChI is InChI=1S/C20H26N4/c1-4-6-23-7-5-8-24(10-9-23)20-17(13-21)14-22-19-16(3)11-15(2)12-18(19)20/h11-12,14H,4-10H2,1-3H3. The number of aromatic nitrogens is 1. The number of nitrogens with zero attached hydrogens (tertiary/aromatic N) is 4. The van der Waals surface area contributed by atoms with Crippen LogP contribution in [0.5, 0.6) is 0 Å². The summed E-state index contributed by atoms with van der Waals surface area (Å²) >= 11 is 0. The third kappa shape index (κ3) is 3.22. The molecule has 2 aromatic rings. The first-order chi connectivity index (χ1) is 11.6. The number of fused-ring (bicyclic) bond motifs is 1. The zero-order valence-corrected chi connectivity index (χ0v) is 15.0. The van der Waals surface area contributed by atoms with E-state index in [-0.39, 0.29) is 0 Å². The number of aryl methyl sites for hydroxylation is 2. The van der Waals surface area contributed by atoms with Crippen molar-refractivity contribution in [3.63, 3.8) is 0 Å². The lowest BCUT2D eigenvalue weighted by molar-refractivity contribution is 0.294. The van der Waals surface area contributed by atoms with Gasteiger partial charge in [-0.2, -0.15) is 5.26 Å². The van der Waals surface area contributed by atoms with E-state index in [4.69, 9.17) is 0 Å². The maximum absolute atomic E-state index is 9.63. The van der Waals surface area contributed by atoms with Crippen LogP contribution in [-0.2, 0) is 0 Å². The minimum absolute atomic E-state index is 0.691. The molecule has 3 rings (SSSR count). The van der Waals surface area contributed by atoms with Crippen LogP contribution >= 0.6 is 0 Å². The Labute approximate surface area is 144 Å². The number of rotatable bonds is 3. The SMILES string of the molecule is CCCN1CCCN(c2c(C#N)cnc3c(C)cc(C)cc23)CC1. The average molecular weight is 322 g/mol. The maximum Gasteiger partial charge on any atom is 0.103 e. The molecule has 0 bridgehead atoms. The highest BCUT2D eigenvalue weighted by atomic mass is 15.2. The molecule has 0 amide bonds. The van der Waals surface area contributed by atoms with Crippen molar-refractivity contribution in [2.24, 2.45) is 0 Å². The van der Waals surface area contributed by atoms with Gasteiger partial charge in [-0.1, -0.05) is 18.6 Å². The van der Waals surface area contributed by atoms with Gasteiger partial charge in [-0.15, -0.1) is 0 Å². The van der Waals surface area contributed by atoms with E-state index in [1.165, 1.54) is 17.5 Å². The summed E-state index contributed by atoms with van der Waals surface area (Å²) in [6, 6.07) is 6.71. The lowest BCUT2D eigenvalue weighted by Crippen LogP contribution is -2.31. The normalized spacial score (nSPS) is 16.2. The van der Waals surface area contributed by atoms with Gasteiger partial charge < -0.3 is 9.80 Å². The quantitative estimate of drug-likeness (QED) is 0.865. The van der Waals surface area contributed by atoms with Gasteiger partial charge in [0.2, 0.25) is 0 Å². The number of hydrogen-bond acceptors (Lipinski definition) is 4. The van der Waals surface area contributed by atoms with E-state index in [9.17, 15) is 5.26 Å². The van der Waals surface area contributed by atoms with Gasteiger partial charge in [0.15, 0.2) is 0 Å². The molecule has 0 radical (unpaired) electrons. The van der Waals surface area contributed by atoms with Gasteiger partial charge in [0, 0.05) is 31.2 Å². The van der Waals surface area contributed by atoms with Crippen molar-refractivity contribution in [1.29, 1.82) is 5.26 Å². The summed E-state index contributed by atoms with van der Waals surface area (Å²) in [6.45, 7) is 11.8. The fourth-order valence-electron chi connectivity index (χ4n) is 3.80. The molecule has 0 spiro atoms. The van der Waals surface area contributed by atoms with Crippen molar-refractivity contribution in [1.82, 2.24) is 9.88 Å². The summed E-state index contributed by atoms with van der Waals surface area (Å²) in [5.41, 5.74) is 5.19. The Kier molecular flexibility index (Phi) is 5.01. The molecule has 1 aliphatic rings. The third-order valence-corrected chi connectivity index (χ3v) is 4.84. The van der Waals surface area contributed by atoms with Gasteiger partial charge >= 0.3 is 0 Å². The van der Waals surface area contributed by atoms with E-state index in [1.807, 2.05) is 0 Å². The molecule has 0 saturated carbocycles. The van der Waals surface area contributed by atoms with Crippen LogP contribution in [0.2, 0.25) is 0 Å². The van der Waals surface area contributed by atoms with Crippen LogP contribution in [0.4, 0.5) is 5.69 Å². The Balaban J connectivity index is 2.06. The summed E-state index contributed by atoms with van der Waals surface area (Å²) in [4.78, 5) is 9.49. The van der Waals surface area contributed by atoms with Crippen LogP contribution in [0.15, 0.2) is 18.3 Å². The maximum atomic E-state index is 9.63. The zero-order chi connectivity index (χ0) is 17.1. The fraction of sp³-hybridized carbons (Fsp3) is 0.500. The summed E-state index contributed by atoms with van der Waals surface area (Å²) < 4.78 is 0. The van der Waals surface area contributed by atoms with Crippen LogP contribution in [0.1, 0.15) is 36.5 Å². The number of benzene rings is 1. The first-order valence-corrected chi connectivity index (χ1v) is 8.91. The van der Waals surface area contributed by atoms with E-state index in [0.29, 0.717) is 5.56 Å². The summed E-state index contributed by atoms with van der Waals surface area (Å²) in [7, 11) is 0. The second kappa shape index (κ2) is 7.19. The second-order valence-electron chi connectivity index (χ2n) is 6.79. The highest BCUT2D eigenvalue weighted by molar-refractivity contribution is 5.96. The molecule has 4 heteroatoms. The van der Waals surface area contributed by atoms with E-state index in [1.54, 1.807) is 6.20 Å². The second-order valence-corrected chi connectivity index (χ2v) is 6.79. The topological polar surface area (TPSA) is 43.2 Å². The number of anilines is 1. The van der Waals surface area contributed by atoms with E-state index in [2.05, 4.69) is 53.8 Å². The Morgan fingerprint density at radius 1 is 1.17 bits per heavy atom. The molecular formula is C20H26N4. The molecule has 1 aliphatic heterocycles. The van der Waals surface area contributed by atoms with Crippen molar-refractivity contribution in [2.45, 2.75) is 33.6 Å². The third-order valence-electron chi connectivity index (χ3n) is 4.84. The van der Waals surface area contributed by atoms with Gasteiger partial charge in [-0.05, 0) is 51.4 Å². The van der Waals surface area contributed by atoms with Crippen LogP contribution in [0, 0.1) is 25.2 Å². The van der Waals surface area contributed by atoms with E-state index >= 15 is 0 Å². The highest BCUT2D eigenvalue weighted by Crippen LogP contribution is 2.32. The molecule has 1 fully saturated rings. The van der Waals surface area contributed by atoms with Crippen molar-refractivity contribution < 1.29 is 0 Å². The molecule has 0 atom stereocenters. The van der Waals surface area contributed by atoms with Crippen molar-refractivity contribution in [3.05, 3.63) is 35.0 Å². The van der Waals surface area contributed by atoms with Gasteiger partial charge in [-0.3, -0.25) is 4.98 Å². The Morgan fingerprint density at radius 3 is 2.75 bits per heavy atom. The van der Waals surface area contributed by atoms with Crippen LogP contribution in [0.25, 0.3) is 10.9 Å². The molecule has 126 valence electrons. The van der Waals surface area contributed by atoms with Crippen molar-refractivity contribution >= 4 is 16.6 Å². The lowest BCUT2D eigenvalue weighted by Gasteiger charge is -2.26. The average Bonchev–Trinajstić information content (AvgIpc) is 2.79. The Bertz CT molecular complexity index is 775. The molecule has 1 aromatic carbocycles. The summed E-state index contributed by atoms with van der Waals surface area (Å²) in [5.74, 6) is 0. The first kappa shape index (κ1) is 16.7. The zero-order valence-electron chi connectivity index (χ0n) is 15.0. The number of nitriles is 1.